The summed E-state index contributed by atoms with van der Waals surface area (Å²) in [5.41, 5.74) is -1.60. The van der Waals surface area contributed by atoms with Gasteiger partial charge in [-0.15, -0.1) is 0 Å². The third-order valence-electron chi connectivity index (χ3n) is 3.19. The fourth-order valence-corrected chi connectivity index (χ4v) is 1.67. The second-order valence-corrected chi connectivity index (χ2v) is 5.53. The van der Waals surface area contributed by atoms with Gasteiger partial charge in [0.25, 0.3) is 11.6 Å². The fraction of sp³-hybridized carbons (Fsp3) is 0.357. The van der Waals surface area contributed by atoms with Crippen molar-refractivity contribution in [1.29, 1.82) is 5.26 Å². The highest BCUT2D eigenvalue weighted by atomic mass is 35.5. The minimum Gasteiger partial charge on any atom is -0.452 e. The van der Waals surface area contributed by atoms with Crippen molar-refractivity contribution in [3.8, 4) is 6.07 Å². The Bertz CT molecular complexity index is 696. The summed E-state index contributed by atoms with van der Waals surface area (Å²) >= 11 is 5.81. The Kier molecular flexibility index (Phi) is 5.65. The van der Waals surface area contributed by atoms with Crippen molar-refractivity contribution in [2.45, 2.75) is 19.4 Å². The van der Waals surface area contributed by atoms with Gasteiger partial charge in [-0.3, -0.25) is 14.9 Å². The van der Waals surface area contributed by atoms with Gasteiger partial charge in [-0.2, -0.15) is 5.26 Å². The Morgan fingerprint density at radius 3 is 2.61 bits per heavy atom. The Labute approximate surface area is 137 Å². The molecule has 122 valence electrons. The fourth-order valence-electron chi connectivity index (χ4n) is 1.47. The molecule has 0 saturated heterocycles. The first-order chi connectivity index (χ1) is 10.6. The smallest absolute Gasteiger partial charge is 0.340 e. The number of benzene rings is 1. The number of esters is 1. The van der Waals surface area contributed by atoms with Gasteiger partial charge in [-0.1, -0.05) is 11.6 Å². The molecule has 1 rings (SSSR count). The number of likely N-dealkylation sites (N-methyl/N-ethyl adjacent to an activating group) is 1. The molecule has 0 bridgehead atoms. The Morgan fingerprint density at radius 2 is 2.09 bits per heavy atom. The summed E-state index contributed by atoms with van der Waals surface area (Å²) in [5.74, 6) is -1.55. The summed E-state index contributed by atoms with van der Waals surface area (Å²) < 4.78 is 4.82. The van der Waals surface area contributed by atoms with Gasteiger partial charge in [-0.05, 0) is 19.9 Å². The lowest BCUT2D eigenvalue weighted by atomic mass is 10.1. The summed E-state index contributed by atoms with van der Waals surface area (Å²) in [6.45, 7) is 2.45. The molecule has 1 aromatic rings. The summed E-state index contributed by atoms with van der Waals surface area (Å²) in [7, 11) is 1.40. The Balaban J connectivity index is 2.82. The van der Waals surface area contributed by atoms with Crippen LogP contribution in [0.5, 0.6) is 0 Å². The van der Waals surface area contributed by atoms with Crippen LogP contribution in [0, 0.1) is 21.4 Å². The normalized spacial score (nSPS) is 10.6. The quantitative estimate of drug-likeness (QED) is 0.461. The summed E-state index contributed by atoms with van der Waals surface area (Å²) in [6, 6.07) is 5.25. The molecule has 9 heteroatoms. The maximum Gasteiger partial charge on any atom is 0.340 e. The first-order valence-electron chi connectivity index (χ1n) is 6.39. The molecule has 0 N–H and O–H groups in total. The van der Waals surface area contributed by atoms with Crippen LogP contribution in [0.25, 0.3) is 0 Å². The third kappa shape index (κ3) is 4.40. The SMILES string of the molecule is CN(C(=O)COC(=O)c1cc([N+](=O)[O-])ccc1Cl)C(C)(C)C#N. The van der Waals surface area contributed by atoms with Gasteiger partial charge in [0.15, 0.2) is 6.61 Å². The largest absolute Gasteiger partial charge is 0.452 e. The molecule has 0 aromatic heterocycles. The number of nitro benzene ring substituents is 1. The number of halogens is 1. The molecule has 0 aliphatic heterocycles. The van der Waals surface area contributed by atoms with E-state index in [4.69, 9.17) is 21.6 Å². The maximum absolute atomic E-state index is 11.9. The number of ether oxygens (including phenoxy) is 1. The molecule has 0 atom stereocenters. The number of nitrogens with zero attached hydrogens (tertiary/aromatic N) is 3. The number of nitriles is 1. The zero-order valence-corrected chi connectivity index (χ0v) is 13.5. The molecule has 0 unspecified atom stereocenters. The first kappa shape index (κ1) is 18.4. The van der Waals surface area contributed by atoms with E-state index in [1.807, 2.05) is 6.07 Å². The van der Waals surface area contributed by atoms with Crippen LogP contribution in [0.2, 0.25) is 5.02 Å². The zero-order chi connectivity index (χ0) is 17.8. The van der Waals surface area contributed by atoms with Crippen LogP contribution < -0.4 is 0 Å². The minimum atomic E-state index is -1.06. The molecule has 0 aliphatic carbocycles. The number of rotatable bonds is 5. The average Bonchev–Trinajstić information content (AvgIpc) is 2.51. The molecule has 8 nitrogen and oxygen atoms in total. The first-order valence-corrected chi connectivity index (χ1v) is 6.77. The zero-order valence-electron chi connectivity index (χ0n) is 12.7. The molecule has 1 amide bonds. The van der Waals surface area contributed by atoms with E-state index in [-0.39, 0.29) is 16.3 Å². The lowest BCUT2D eigenvalue weighted by Gasteiger charge is -2.28. The van der Waals surface area contributed by atoms with E-state index in [2.05, 4.69) is 0 Å². The van der Waals surface area contributed by atoms with Crippen molar-refractivity contribution < 1.29 is 19.2 Å². The van der Waals surface area contributed by atoms with E-state index in [0.717, 1.165) is 17.0 Å². The highest BCUT2D eigenvalue weighted by Gasteiger charge is 2.28. The van der Waals surface area contributed by atoms with Crippen molar-refractivity contribution in [1.82, 2.24) is 4.90 Å². The van der Waals surface area contributed by atoms with Crippen LogP contribution in [0.3, 0.4) is 0 Å². The van der Waals surface area contributed by atoms with E-state index in [1.165, 1.54) is 27.0 Å². The molecule has 0 saturated carbocycles. The van der Waals surface area contributed by atoms with E-state index < -0.39 is 28.9 Å². The van der Waals surface area contributed by atoms with Gasteiger partial charge in [-0.25, -0.2) is 4.79 Å². The lowest BCUT2D eigenvalue weighted by molar-refractivity contribution is -0.384. The number of hydrogen-bond donors (Lipinski definition) is 0. The van der Waals surface area contributed by atoms with Crippen LogP contribution >= 0.6 is 11.6 Å². The van der Waals surface area contributed by atoms with Crippen LogP contribution in [0.4, 0.5) is 5.69 Å². The summed E-state index contributed by atoms with van der Waals surface area (Å²) in [4.78, 5) is 35.0. The summed E-state index contributed by atoms with van der Waals surface area (Å²) in [6.07, 6.45) is 0. The predicted octanol–water partition coefficient (Wildman–Crippen LogP) is 2.17. The van der Waals surface area contributed by atoms with E-state index in [0.29, 0.717) is 0 Å². The third-order valence-corrected chi connectivity index (χ3v) is 3.52. The van der Waals surface area contributed by atoms with Crippen LogP contribution in [-0.4, -0.2) is 40.9 Å². The summed E-state index contributed by atoms with van der Waals surface area (Å²) in [5, 5.41) is 19.6. The van der Waals surface area contributed by atoms with Crippen molar-refractivity contribution in [2.24, 2.45) is 0 Å². The van der Waals surface area contributed by atoms with Gasteiger partial charge in [0.1, 0.15) is 5.54 Å². The molecule has 0 radical (unpaired) electrons. The molecule has 0 spiro atoms. The number of non-ortho nitro benzene ring substituents is 1. The minimum absolute atomic E-state index is 0.0289. The van der Waals surface area contributed by atoms with Gasteiger partial charge < -0.3 is 9.64 Å². The number of amides is 1. The number of carbonyl (C=O) groups is 2. The topological polar surface area (TPSA) is 114 Å². The highest BCUT2D eigenvalue weighted by Crippen LogP contribution is 2.23. The number of carbonyl (C=O) groups excluding carboxylic acids is 2. The van der Waals surface area contributed by atoms with E-state index in [9.17, 15) is 19.7 Å². The van der Waals surface area contributed by atoms with Crippen LogP contribution in [-0.2, 0) is 9.53 Å². The highest BCUT2D eigenvalue weighted by molar-refractivity contribution is 6.33. The predicted molar refractivity (Wildman–Crippen MR) is 80.9 cm³/mol. The lowest BCUT2D eigenvalue weighted by Crippen LogP contribution is -2.45. The molecular weight excluding hydrogens is 326 g/mol. The average molecular weight is 340 g/mol. The van der Waals surface area contributed by atoms with Crippen molar-refractivity contribution in [3.63, 3.8) is 0 Å². The van der Waals surface area contributed by atoms with Crippen molar-refractivity contribution in [2.75, 3.05) is 13.7 Å². The maximum atomic E-state index is 11.9. The molecular formula is C14H14ClN3O5. The number of hydrogen-bond acceptors (Lipinski definition) is 6. The molecule has 23 heavy (non-hydrogen) atoms. The second kappa shape index (κ2) is 7.07. The standard InChI is InChI=1S/C14H14ClN3O5/c1-14(2,8-16)17(3)12(19)7-23-13(20)10-6-9(18(21)22)4-5-11(10)15/h4-6H,7H2,1-3H3. The second-order valence-electron chi connectivity index (χ2n) is 5.12. The van der Waals surface area contributed by atoms with Crippen molar-refractivity contribution in [3.05, 3.63) is 38.9 Å². The Hall–Kier alpha value is -2.66. The molecule has 0 fully saturated rings. The number of nitro groups is 1. The van der Waals surface area contributed by atoms with Crippen LogP contribution in [0.15, 0.2) is 18.2 Å². The Morgan fingerprint density at radius 1 is 1.48 bits per heavy atom. The van der Waals surface area contributed by atoms with Gasteiger partial charge in [0.05, 0.1) is 21.6 Å². The molecule has 1 aromatic carbocycles. The van der Waals surface area contributed by atoms with Crippen LogP contribution in [0.1, 0.15) is 24.2 Å². The van der Waals surface area contributed by atoms with E-state index in [1.54, 1.807) is 0 Å². The van der Waals surface area contributed by atoms with Gasteiger partial charge >= 0.3 is 5.97 Å². The van der Waals surface area contributed by atoms with E-state index >= 15 is 0 Å². The molecule has 0 aliphatic rings. The van der Waals surface area contributed by atoms with Crippen molar-refractivity contribution >= 4 is 29.2 Å². The van der Waals surface area contributed by atoms with Gasteiger partial charge in [0, 0.05) is 19.2 Å². The molecule has 0 heterocycles. The van der Waals surface area contributed by atoms with Gasteiger partial charge in [0.2, 0.25) is 0 Å². The monoisotopic (exact) mass is 339 g/mol.